The molecule has 0 aromatic heterocycles. The Morgan fingerprint density at radius 3 is 2.46 bits per heavy atom. The second kappa shape index (κ2) is 3.44. The van der Waals surface area contributed by atoms with Crippen LogP contribution in [0.1, 0.15) is 9.68 Å². The highest BCUT2D eigenvalue weighted by Crippen LogP contribution is 2.19. The predicted molar refractivity (Wildman–Crippen MR) is 56.6 cm³/mol. The second-order valence-electron chi connectivity index (χ2n) is 2.99. The highest BCUT2D eigenvalue weighted by atomic mass is 14.0. The summed E-state index contributed by atoms with van der Waals surface area (Å²) < 4.78 is 23.1. The fraction of sp³-hybridized carbons (Fsp3) is 0.0769. The molecule has 0 bridgehead atoms. The Morgan fingerprint density at radius 2 is 1.77 bits per heavy atom. The van der Waals surface area contributed by atoms with E-state index >= 15 is 0 Å². The van der Waals surface area contributed by atoms with Gasteiger partial charge in [0.25, 0.3) is 0 Å². The number of benzene rings is 2. The lowest BCUT2D eigenvalue weighted by atomic mass is 10.0. The minimum atomic E-state index is 0.214. The Bertz CT molecular complexity index is 509. The van der Waals surface area contributed by atoms with E-state index in [1.165, 1.54) is 12.1 Å². The topological polar surface area (TPSA) is 0 Å². The molecule has 2 aromatic rings. The van der Waals surface area contributed by atoms with Crippen molar-refractivity contribution in [1.29, 1.82) is 0 Å². The highest BCUT2D eigenvalue weighted by Gasteiger charge is 1.94. The van der Waals surface area contributed by atoms with Gasteiger partial charge in [-0.1, -0.05) is 60.1 Å². The molecule has 0 N–H and O–H groups in total. The molecule has 2 aromatic carbocycles. The molecule has 2 rings (SSSR count). The lowest BCUT2D eigenvalue weighted by Gasteiger charge is -2.01. The number of hydrogen-bond acceptors (Lipinski definition) is 0. The standard InChI is InChI=1S/C13H12/c1-11-6-5-9-13(10-11)12-7-3-2-4-8-12/h2-10H,1H3/i2D,7D,8D. The molecule has 0 unspecified atom stereocenters. The zero-order valence-corrected chi connectivity index (χ0v) is 7.46. The van der Waals surface area contributed by atoms with Crippen molar-refractivity contribution in [3.63, 3.8) is 0 Å². The largest absolute Gasteiger partial charge is 0.0629 e. The van der Waals surface area contributed by atoms with Crippen LogP contribution < -0.4 is 0 Å². The monoisotopic (exact) mass is 171 g/mol. The third-order valence-corrected chi connectivity index (χ3v) is 1.91. The van der Waals surface area contributed by atoms with Crippen LogP contribution in [0.2, 0.25) is 0 Å². The molecule has 13 heavy (non-hydrogen) atoms. The maximum absolute atomic E-state index is 7.82. The fourth-order valence-electron chi connectivity index (χ4n) is 1.28. The Morgan fingerprint density at radius 1 is 1.00 bits per heavy atom. The summed E-state index contributed by atoms with van der Waals surface area (Å²) in [6.45, 7) is 1.98. The van der Waals surface area contributed by atoms with E-state index < -0.39 is 0 Å². The minimum Gasteiger partial charge on any atom is -0.0622 e. The summed E-state index contributed by atoms with van der Waals surface area (Å²) in [6.07, 6.45) is 0. The molecule has 0 amide bonds. The molecule has 0 saturated carbocycles. The summed E-state index contributed by atoms with van der Waals surface area (Å²) in [4.78, 5) is 0. The molecule has 0 fully saturated rings. The molecule has 0 heterocycles. The molecule has 0 aliphatic rings. The average molecular weight is 171 g/mol. The van der Waals surface area contributed by atoms with Crippen molar-refractivity contribution in [3.8, 4) is 11.1 Å². The van der Waals surface area contributed by atoms with Crippen molar-refractivity contribution in [2.24, 2.45) is 0 Å². The minimum absolute atomic E-state index is 0.214. The first-order valence-corrected chi connectivity index (χ1v) is 4.23. The first kappa shape index (κ1) is 5.23. The summed E-state index contributed by atoms with van der Waals surface area (Å²) in [5.41, 5.74) is 2.57. The van der Waals surface area contributed by atoms with Crippen LogP contribution in [0.3, 0.4) is 0 Å². The van der Waals surface area contributed by atoms with Gasteiger partial charge in [-0.25, -0.2) is 0 Å². The van der Waals surface area contributed by atoms with Gasteiger partial charge in [-0.2, -0.15) is 0 Å². The van der Waals surface area contributed by atoms with Crippen LogP contribution >= 0.6 is 0 Å². The lowest BCUT2D eigenvalue weighted by molar-refractivity contribution is 1.47. The molecular weight excluding hydrogens is 156 g/mol. The molecule has 0 radical (unpaired) electrons. The van der Waals surface area contributed by atoms with Crippen molar-refractivity contribution in [1.82, 2.24) is 0 Å². The van der Waals surface area contributed by atoms with E-state index in [0.29, 0.717) is 5.56 Å². The Hall–Kier alpha value is -1.56. The van der Waals surface area contributed by atoms with E-state index in [-0.39, 0.29) is 18.1 Å². The molecule has 64 valence electrons. The van der Waals surface area contributed by atoms with Crippen LogP contribution in [0.25, 0.3) is 11.1 Å². The summed E-state index contributed by atoms with van der Waals surface area (Å²) in [5, 5.41) is 0. The van der Waals surface area contributed by atoms with Crippen LogP contribution in [-0.2, 0) is 0 Å². The fourth-order valence-corrected chi connectivity index (χ4v) is 1.28. The van der Waals surface area contributed by atoms with Crippen molar-refractivity contribution in [2.45, 2.75) is 6.92 Å². The molecule has 0 spiro atoms. The van der Waals surface area contributed by atoms with Crippen LogP contribution in [-0.4, -0.2) is 0 Å². The van der Waals surface area contributed by atoms with Crippen molar-refractivity contribution in [3.05, 3.63) is 60.1 Å². The predicted octanol–water partition coefficient (Wildman–Crippen LogP) is 3.66. The summed E-state index contributed by atoms with van der Waals surface area (Å²) >= 11 is 0. The van der Waals surface area contributed by atoms with Crippen LogP contribution in [0.4, 0.5) is 0 Å². The second-order valence-corrected chi connectivity index (χ2v) is 2.99. The van der Waals surface area contributed by atoms with E-state index in [1.807, 2.05) is 31.2 Å². The molecular formula is C13H12. The van der Waals surface area contributed by atoms with Gasteiger partial charge in [-0.05, 0) is 18.1 Å². The zero-order chi connectivity index (χ0) is 11.7. The first-order valence-electron chi connectivity index (χ1n) is 5.73. The zero-order valence-electron chi connectivity index (χ0n) is 10.5. The van der Waals surface area contributed by atoms with Crippen LogP contribution in [0, 0.1) is 6.92 Å². The maximum Gasteiger partial charge on any atom is 0.0629 e. The quantitative estimate of drug-likeness (QED) is 0.614. The van der Waals surface area contributed by atoms with Gasteiger partial charge >= 0.3 is 0 Å². The molecule has 0 nitrogen and oxygen atoms in total. The SMILES string of the molecule is [2H]c1cc([2H])c(-c2cccc(C)c2)c([2H])c1. The number of hydrogen-bond donors (Lipinski definition) is 0. The van der Waals surface area contributed by atoms with Gasteiger partial charge < -0.3 is 0 Å². The van der Waals surface area contributed by atoms with E-state index in [1.54, 1.807) is 0 Å². The van der Waals surface area contributed by atoms with E-state index in [9.17, 15) is 0 Å². The summed E-state index contributed by atoms with van der Waals surface area (Å²) in [7, 11) is 0. The van der Waals surface area contributed by atoms with Gasteiger partial charge in [0.05, 0.1) is 4.11 Å². The van der Waals surface area contributed by atoms with Gasteiger partial charge in [0.1, 0.15) is 0 Å². The molecule has 0 saturated heterocycles. The van der Waals surface area contributed by atoms with Crippen molar-refractivity contribution in [2.75, 3.05) is 0 Å². The number of aryl methyl sites for hydroxylation is 1. The van der Waals surface area contributed by atoms with E-state index in [2.05, 4.69) is 0 Å². The third kappa shape index (κ3) is 1.78. The molecule has 0 atom stereocenters. The Labute approximate surface area is 83.1 Å². The van der Waals surface area contributed by atoms with Gasteiger partial charge in [-0.3, -0.25) is 0 Å². The molecule has 0 aliphatic heterocycles. The van der Waals surface area contributed by atoms with E-state index in [0.717, 1.165) is 11.1 Å². The van der Waals surface area contributed by atoms with Crippen LogP contribution in [0.15, 0.2) is 54.5 Å². The molecule has 0 heteroatoms. The van der Waals surface area contributed by atoms with Crippen molar-refractivity contribution >= 4 is 0 Å². The van der Waals surface area contributed by atoms with Gasteiger partial charge in [0, 0.05) is 0 Å². The Balaban J connectivity index is 2.64. The van der Waals surface area contributed by atoms with E-state index in [4.69, 9.17) is 4.11 Å². The Kier molecular flexibility index (Phi) is 1.38. The smallest absolute Gasteiger partial charge is 0.0622 e. The first-order chi connectivity index (χ1) is 7.58. The summed E-state index contributed by atoms with van der Waals surface area (Å²) in [6, 6.07) is 11.4. The van der Waals surface area contributed by atoms with Gasteiger partial charge in [0.2, 0.25) is 0 Å². The highest BCUT2D eigenvalue weighted by molar-refractivity contribution is 5.63. The maximum atomic E-state index is 7.82. The normalized spacial score (nSPS) is 13.2. The van der Waals surface area contributed by atoms with Crippen molar-refractivity contribution < 1.29 is 4.11 Å². The lowest BCUT2D eigenvalue weighted by Crippen LogP contribution is -1.77. The molecule has 0 aliphatic carbocycles. The van der Waals surface area contributed by atoms with Gasteiger partial charge in [-0.15, -0.1) is 0 Å². The average Bonchev–Trinajstić information content (AvgIpc) is 2.15. The number of rotatable bonds is 1. The summed E-state index contributed by atoms with van der Waals surface area (Å²) in [5.74, 6) is 0. The third-order valence-electron chi connectivity index (χ3n) is 1.91. The van der Waals surface area contributed by atoms with Gasteiger partial charge in [0.15, 0.2) is 0 Å². The van der Waals surface area contributed by atoms with Crippen LogP contribution in [0.5, 0.6) is 0 Å².